The SMILES string of the molecule is Cn1cc(N(N)C(N)=O)c(NCCO)c1N(N)C(N)=O. The Morgan fingerprint density at radius 2 is 1.85 bits per heavy atom. The predicted octanol–water partition coefficient (Wildman–Crippen LogP) is -2.05. The highest BCUT2D eigenvalue weighted by atomic mass is 16.3. The highest BCUT2D eigenvalue weighted by Gasteiger charge is 2.24. The maximum Gasteiger partial charge on any atom is 0.335 e. The predicted molar refractivity (Wildman–Crippen MR) is 73.5 cm³/mol. The first kappa shape index (κ1) is 15.6. The van der Waals surface area contributed by atoms with Gasteiger partial charge in [0.1, 0.15) is 11.4 Å². The maximum atomic E-state index is 11.2. The lowest BCUT2D eigenvalue weighted by molar-refractivity contribution is 0.253. The van der Waals surface area contributed by atoms with Crippen molar-refractivity contribution in [2.75, 3.05) is 28.5 Å². The number of rotatable bonds is 5. The van der Waals surface area contributed by atoms with Crippen LogP contribution in [-0.4, -0.2) is 34.9 Å². The number of hydrogen-bond donors (Lipinski definition) is 6. The Balaban J connectivity index is 3.35. The number of aliphatic hydroxyl groups is 1. The summed E-state index contributed by atoms with van der Waals surface area (Å²) >= 11 is 0. The van der Waals surface area contributed by atoms with Crippen molar-refractivity contribution in [3.8, 4) is 0 Å². The number of nitrogens with two attached hydrogens (primary N) is 4. The molecule has 1 heterocycles. The Morgan fingerprint density at radius 3 is 2.30 bits per heavy atom. The highest BCUT2D eigenvalue weighted by Crippen LogP contribution is 2.35. The number of aliphatic hydroxyl groups excluding tert-OH is 1. The van der Waals surface area contributed by atoms with Gasteiger partial charge in [-0.15, -0.1) is 0 Å². The van der Waals surface area contributed by atoms with Gasteiger partial charge in [0, 0.05) is 19.8 Å². The van der Waals surface area contributed by atoms with E-state index in [1.54, 1.807) is 7.05 Å². The second-order valence-electron chi connectivity index (χ2n) is 3.89. The second-order valence-corrected chi connectivity index (χ2v) is 3.89. The maximum absolute atomic E-state index is 11.2. The van der Waals surface area contributed by atoms with E-state index >= 15 is 0 Å². The third-order valence-electron chi connectivity index (χ3n) is 2.51. The minimum atomic E-state index is -0.910. The van der Waals surface area contributed by atoms with Crippen LogP contribution in [-0.2, 0) is 7.05 Å². The largest absolute Gasteiger partial charge is 0.395 e. The molecule has 0 bridgehead atoms. The molecule has 0 radical (unpaired) electrons. The standard InChI is InChI=1S/C9H18N8O3/c1-15-4-5(16(12)8(10)19)6(14-2-3-18)7(15)17(13)9(11)20/h4,14,18H,2-3,12-13H2,1H3,(H2,10,19)(H2,11,20). The van der Waals surface area contributed by atoms with Crippen LogP contribution < -0.4 is 38.5 Å². The van der Waals surface area contributed by atoms with Crippen LogP contribution in [0.1, 0.15) is 0 Å². The summed E-state index contributed by atoms with van der Waals surface area (Å²) in [6, 6.07) is -1.82. The normalized spacial score (nSPS) is 10.2. The van der Waals surface area contributed by atoms with E-state index in [0.29, 0.717) is 10.0 Å². The molecular formula is C9H18N8O3. The molecule has 1 aromatic rings. The fourth-order valence-electron chi connectivity index (χ4n) is 1.65. The topological polar surface area (TPSA) is 182 Å². The van der Waals surface area contributed by atoms with E-state index in [0.717, 1.165) is 0 Å². The number of aryl methyl sites for hydroxylation is 1. The van der Waals surface area contributed by atoms with Crippen molar-refractivity contribution in [3.05, 3.63) is 6.20 Å². The molecule has 0 atom stereocenters. The number of nitrogens with zero attached hydrogens (tertiary/aromatic N) is 3. The summed E-state index contributed by atoms with van der Waals surface area (Å²) in [4.78, 5) is 22.3. The molecule has 10 N–H and O–H groups in total. The van der Waals surface area contributed by atoms with Gasteiger partial charge in [-0.25, -0.2) is 31.3 Å². The van der Waals surface area contributed by atoms with Crippen LogP contribution in [0.15, 0.2) is 6.20 Å². The van der Waals surface area contributed by atoms with Gasteiger partial charge in [0.2, 0.25) is 0 Å². The molecule has 0 spiro atoms. The summed E-state index contributed by atoms with van der Waals surface area (Å²) in [6.07, 6.45) is 1.43. The van der Waals surface area contributed by atoms with Gasteiger partial charge in [0.15, 0.2) is 5.82 Å². The number of hydrazine groups is 2. The first-order valence-electron chi connectivity index (χ1n) is 5.53. The zero-order chi connectivity index (χ0) is 15.4. The van der Waals surface area contributed by atoms with Crippen LogP contribution >= 0.6 is 0 Å². The van der Waals surface area contributed by atoms with Gasteiger partial charge in [-0.2, -0.15) is 0 Å². The number of urea groups is 2. The fourth-order valence-corrected chi connectivity index (χ4v) is 1.65. The van der Waals surface area contributed by atoms with Crippen LogP contribution in [0.3, 0.4) is 0 Å². The Bertz CT molecular complexity index is 514. The average Bonchev–Trinajstić information content (AvgIpc) is 2.70. The summed E-state index contributed by atoms with van der Waals surface area (Å²) in [7, 11) is 1.57. The molecule has 0 aromatic carbocycles. The highest BCUT2D eigenvalue weighted by molar-refractivity contribution is 6.00. The Kier molecular flexibility index (Phi) is 4.74. The Hall–Kier alpha value is -2.50. The van der Waals surface area contributed by atoms with E-state index in [4.69, 9.17) is 28.3 Å². The zero-order valence-corrected chi connectivity index (χ0v) is 10.9. The van der Waals surface area contributed by atoms with Gasteiger partial charge in [-0.3, -0.25) is 0 Å². The van der Waals surface area contributed by atoms with E-state index < -0.39 is 12.1 Å². The number of nitrogens with one attached hydrogen (secondary N) is 1. The number of hydrogen-bond acceptors (Lipinski definition) is 6. The molecular weight excluding hydrogens is 268 g/mol. The lowest BCUT2D eigenvalue weighted by Gasteiger charge is -2.19. The third kappa shape index (κ3) is 2.90. The van der Waals surface area contributed by atoms with E-state index in [-0.39, 0.29) is 30.3 Å². The van der Waals surface area contributed by atoms with Gasteiger partial charge in [-0.05, 0) is 0 Å². The quantitative estimate of drug-likeness (QED) is 0.205. The monoisotopic (exact) mass is 286 g/mol. The molecule has 20 heavy (non-hydrogen) atoms. The second kappa shape index (κ2) is 6.10. The smallest absolute Gasteiger partial charge is 0.335 e. The Labute approximate surface area is 114 Å². The molecule has 0 fully saturated rings. The summed E-state index contributed by atoms with van der Waals surface area (Å²) < 4.78 is 1.43. The van der Waals surface area contributed by atoms with Crippen molar-refractivity contribution in [2.45, 2.75) is 0 Å². The lowest BCUT2D eigenvalue weighted by Crippen LogP contribution is -2.43. The fraction of sp³-hybridized carbons (Fsp3) is 0.333. The van der Waals surface area contributed by atoms with E-state index in [1.807, 2.05) is 0 Å². The molecule has 1 rings (SSSR count). The van der Waals surface area contributed by atoms with Crippen LogP contribution in [0.25, 0.3) is 0 Å². The molecule has 11 nitrogen and oxygen atoms in total. The summed E-state index contributed by atoms with van der Waals surface area (Å²) in [5, 5.41) is 13.0. The molecule has 0 saturated heterocycles. The van der Waals surface area contributed by atoms with E-state index in [2.05, 4.69) is 5.32 Å². The van der Waals surface area contributed by atoms with Crippen molar-refractivity contribution in [3.63, 3.8) is 0 Å². The van der Waals surface area contributed by atoms with E-state index in [1.165, 1.54) is 10.8 Å². The minimum Gasteiger partial charge on any atom is -0.395 e. The number of amides is 4. The molecule has 0 aliphatic carbocycles. The molecule has 112 valence electrons. The summed E-state index contributed by atoms with van der Waals surface area (Å²) in [5.74, 6) is 11.3. The van der Waals surface area contributed by atoms with Gasteiger partial charge in [0.05, 0.1) is 6.61 Å². The first-order valence-corrected chi connectivity index (χ1v) is 5.53. The Morgan fingerprint density at radius 1 is 1.30 bits per heavy atom. The molecule has 0 saturated carbocycles. The lowest BCUT2D eigenvalue weighted by atomic mass is 10.3. The van der Waals surface area contributed by atoms with Crippen LogP contribution in [0.2, 0.25) is 0 Å². The molecule has 1 aromatic heterocycles. The van der Waals surface area contributed by atoms with Crippen molar-refractivity contribution in [1.29, 1.82) is 0 Å². The van der Waals surface area contributed by atoms with Gasteiger partial charge in [0.25, 0.3) is 0 Å². The third-order valence-corrected chi connectivity index (χ3v) is 2.51. The van der Waals surface area contributed by atoms with Crippen LogP contribution in [0, 0.1) is 0 Å². The minimum absolute atomic E-state index is 0.142. The van der Waals surface area contributed by atoms with Crippen LogP contribution in [0.5, 0.6) is 0 Å². The molecule has 0 aliphatic heterocycles. The molecule has 11 heteroatoms. The molecule has 4 amide bonds. The van der Waals surface area contributed by atoms with Crippen molar-refractivity contribution >= 4 is 29.3 Å². The molecule has 0 aliphatic rings. The van der Waals surface area contributed by atoms with Crippen molar-refractivity contribution < 1.29 is 14.7 Å². The van der Waals surface area contributed by atoms with E-state index in [9.17, 15) is 9.59 Å². The molecule has 0 unspecified atom stereocenters. The zero-order valence-electron chi connectivity index (χ0n) is 10.9. The summed E-state index contributed by atoms with van der Waals surface area (Å²) in [5.41, 5.74) is 10.6. The van der Waals surface area contributed by atoms with Gasteiger partial charge in [-0.1, -0.05) is 0 Å². The first-order chi connectivity index (χ1) is 9.31. The average molecular weight is 286 g/mol. The summed E-state index contributed by atoms with van der Waals surface area (Å²) in [6.45, 7) is -0.0424. The number of anilines is 3. The number of carbonyl (C=O) groups is 2. The van der Waals surface area contributed by atoms with Gasteiger partial charge >= 0.3 is 12.1 Å². The number of carbonyl (C=O) groups excluding carboxylic acids is 2. The van der Waals surface area contributed by atoms with Crippen molar-refractivity contribution in [1.82, 2.24) is 4.57 Å². The number of primary amides is 2. The van der Waals surface area contributed by atoms with Crippen molar-refractivity contribution in [2.24, 2.45) is 30.2 Å². The van der Waals surface area contributed by atoms with Gasteiger partial charge < -0.3 is 26.5 Å². The van der Waals surface area contributed by atoms with Crippen LogP contribution in [0.4, 0.5) is 26.8 Å². The number of aromatic nitrogens is 1.